The van der Waals surface area contributed by atoms with E-state index in [4.69, 9.17) is 4.74 Å². The molecular weight excluding hydrogens is 139 g/mol. The van der Waals surface area contributed by atoms with Gasteiger partial charge in [0.2, 0.25) is 0 Å². The molecule has 0 amide bonds. The molecule has 0 bridgehead atoms. The molecule has 0 fully saturated rings. The minimum absolute atomic E-state index is 0.865. The molecule has 0 aromatic carbocycles. The summed E-state index contributed by atoms with van der Waals surface area (Å²) in [5, 5.41) is 1.24. The van der Waals surface area contributed by atoms with Gasteiger partial charge >= 0.3 is 0 Å². The third-order valence-corrected chi connectivity index (χ3v) is 1.86. The van der Waals surface area contributed by atoms with Crippen LogP contribution in [0.15, 0.2) is 0 Å². The molecule has 0 aromatic heterocycles. The first-order valence-corrected chi connectivity index (χ1v) is 5.01. The standard InChI is InChI=1S/C8H17O.Al/c1-3-5-6-7-8-9-4-2;/h1,3-8H2,2H3;. The summed E-state index contributed by atoms with van der Waals surface area (Å²) in [6.07, 6.45) is 5.26. The molecule has 0 aromatic rings. The monoisotopic (exact) mass is 156 g/mol. The Bertz CT molecular complexity index is 49.2. The average molecular weight is 156 g/mol. The number of rotatable bonds is 7. The van der Waals surface area contributed by atoms with Crippen LogP contribution in [0.1, 0.15) is 32.6 Å². The van der Waals surface area contributed by atoms with Gasteiger partial charge < -0.3 is 4.74 Å². The first kappa shape index (κ1) is 10.5. The second-order valence-corrected chi connectivity index (χ2v) is 2.98. The zero-order valence-electron chi connectivity index (χ0n) is 6.94. The summed E-state index contributed by atoms with van der Waals surface area (Å²) >= 11 is 2.76. The molecule has 10 heavy (non-hydrogen) atoms. The number of hydrogen-bond donors (Lipinski definition) is 0. The summed E-state index contributed by atoms with van der Waals surface area (Å²) in [4.78, 5) is 0. The van der Waals surface area contributed by atoms with Crippen LogP contribution in [-0.4, -0.2) is 29.5 Å². The average Bonchev–Trinajstić information content (AvgIpc) is 1.97. The summed E-state index contributed by atoms with van der Waals surface area (Å²) in [6, 6.07) is 0. The molecule has 0 atom stereocenters. The van der Waals surface area contributed by atoms with Crippen molar-refractivity contribution in [1.29, 1.82) is 0 Å². The molecule has 0 unspecified atom stereocenters. The predicted molar refractivity (Wildman–Crippen MR) is 45.5 cm³/mol. The van der Waals surface area contributed by atoms with E-state index in [1.165, 1.54) is 31.0 Å². The summed E-state index contributed by atoms with van der Waals surface area (Å²) in [5.74, 6) is 0. The van der Waals surface area contributed by atoms with Gasteiger partial charge in [-0.2, -0.15) is 0 Å². The molecule has 0 aliphatic rings. The highest BCUT2D eigenvalue weighted by Gasteiger charge is 1.87. The van der Waals surface area contributed by atoms with Gasteiger partial charge in [-0.05, 0) is 13.3 Å². The Morgan fingerprint density at radius 1 is 1.10 bits per heavy atom. The fraction of sp³-hybridized carbons (Fsp3) is 1.00. The summed E-state index contributed by atoms with van der Waals surface area (Å²) in [5.41, 5.74) is 0. The van der Waals surface area contributed by atoms with Crippen LogP contribution in [0.3, 0.4) is 0 Å². The van der Waals surface area contributed by atoms with Crippen molar-refractivity contribution in [2.24, 2.45) is 0 Å². The van der Waals surface area contributed by atoms with Gasteiger partial charge in [-0.15, -0.1) is 5.28 Å². The van der Waals surface area contributed by atoms with Crippen molar-refractivity contribution < 1.29 is 4.74 Å². The van der Waals surface area contributed by atoms with Crippen molar-refractivity contribution >= 4 is 16.3 Å². The van der Waals surface area contributed by atoms with Gasteiger partial charge in [0.15, 0.2) is 0 Å². The zero-order chi connectivity index (χ0) is 7.66. The number of ether oxygens (including phenoxy) is 1. The lowest BCUT2D eigenvalue weighted by Crippen LogP contribution is -1.92. The lowest BCUT2D eigenvalue weighted by atomic mass is 10.2. The van der Waals surface area contributed by atoms with Crippen molar-refractivity contribution in [3.8, 4) is 0 Å². The highest BCUT2D eigenvalue weighted by molar-refractivity contribution is 6.08. The van der Waals surface area contributed by atoms with E-state index in [9.17, 15) is 0 Å². The fourth-order valence-corrected chi connectivity index (χ4v) is 1.14. The van der Waals surface area contributed by atoms with Crippen LogP contribution in [0.5, 0.6) is 0 Å². The Hall–Kier alpha value is 0.492. The van der Waals surface area contributed by atoms with Gasteiger partial charge in [0.25, 0.3) is 0 Å². The second kappa shape index (κ2) is 9.49. The molecule has 0 saturated heterocycles. The maximum atomic E-state index is 5.21. The Balaban J connectivity index is 2.65. The van der Waals surface area contributed by atoms with E-state index in [2.05, 4.69) is 16.3 Å². The molecule has 0 heterocycles. The largest absolute Gasteiger partial charge is 0.382 e. The van der Waals surface area contributed by atoms with Crippen LogP contribution in [0.4, 0.5) is 0 Å². The first-order valence-electron chi connectivity index (χ1n) is 4.19. The number of hydrogen-bond acceptors (Lipinski definition) is 1. The SMILES string of the molecule is CCOCCCCC[CH2][Al]. The van der Waals surface area contributed by atoms with E-state index in [1.54, 1.807) is 0 Å². The third-order valence-electron chi connectivity index (χ3n) is 1.45. The van der Waals surface area contributed by atoms with Crippen molar-refractivity contribution in [3.63, 3.8) is 0 Å². The van der Waals surface area contributed by atoms with Gasteiger partial charge in [0.05, 0.1) is 0 Å². The topological polar surface area (TPSA) is 9.23 Å². The smallest absolute Gasteiger partial charge is 0.118 e. The predicted octanol–water partition coefficient (Wildman–Crippen LogP) is 2.17. The van der Waals surface area contributed by atoms with E-state index in [1.807, 2.05) is 6.92 Å². The number of unbranched alkanes of at least 4 members (excludes halogenated alkanes) is 3. The maximum Gasteiger partial charge on any atom is 0.118 e. The van der Waals surface area contributed by atoms with Crippen LogP contribution in [0.2, 0.25) is 5.28 Å². The van der Waals surface area contributed by atoms with Crippen LogP contribution >= 0.6 is 0 Å². The quantitative estimate of drug-likeness (QED) is 0.405. The third kappa shape index (κ3) is 8.49. The highest BCUT2D eigenvalue weighted by Crippen LogP contribution is 2.01. The summed E-state index contributed by atoms with van der Waals surface area (Å²) in [7, 11) is 0. The maximum absolute atomic E-state index is 5.21. The Labute approximate surface area is 72.6 Å². The Morgan fingerprint density at radius 3 is 2.40 bits per heavy atom. The zero-order valence-corrected chi connectivity index (χ0v) is 8.09. The van der Waals surface area contributed by atoms with Gasteiger partial charge in [0, 0.05) is 13.2 Å². The van der Waals surface area contributed by atoms with E-state index in [-0.39, 0.29) is 0 Å². The van der Waals surface area contributed by atoms with Gasteiger partial charge in [-0.25, -0.2) is 0 Å². The molecule has 0 rings (SSSR count). The molecule has 2 heteroatoms. The van der Waals surface area contributed by atoms with Crippen molar-refractivity contribution in [2.45, 2.75) is 37.9 Å². The fourth-order valence-electron chi connectivity index (χ4n) is 0.846. The second-order valence-electron chi connectivity index (χ2n) is 2.40. The molecule has 0 aliphatic heterocycles. The molecule has 1 nitrogen and oxygen atoms in total. The van der Waals surface area contributed by atoms with Crippen molar-refractivity contribution in [3.05, 3.63) is 0 Å². The minimum Gasteiger partial charge on any atom is -0.382 e. The Kier molecular flexibility index (Phi) is 9.96. The lowest BCUT2D eigenvalue weighted by Gasteiger charge is -1.99. The van der Waals surface area contributed by atoms with Gasteiger partial charge in [-0.3, -0.25) is 0 Å². The van der Waals surface area contributed by atoms with Crippen molar-refractivity contribution in [2.75, 3.05) is 13.2 Å². The molecule has 0 spiro atoms. The van der Waals surface area contributed by atoms with E-state index in [0.29, 0.717) is 0 Å². The van der Waals surface area contributed by atoms with Crippen molar-refractivity contribution in [1.82, 2.24) is 0 Å². The van der Waals surface area contributed by atoms with Crippen LogP contribution in [0, 0.1) is 0 Å². The molecule has 0 aliphatic carbocycles. The van der Waals surface area contributed by atoms with Crippen LogP contribution < -0.4 is 0 Å². The molecule has 58 valence electrons. The first-order chi connectivity index (χ1) is 4.91. The molecule has 0 N–H and O–H groups in total. The lowest BCUT2D eigenvalue weighted by molar-refractivity contribution is 0.143. The van der Waals surface area contributed by atoms with E-state index in [0.717, 1.165) is 13.2 Å². The molecular formula is C8H17AlO. The summed E-state index contributed by atoms with van der Waals surface area (Å²) < 4.78 is 5.21. The van der Waals surface area contributed by atoms with Gasteiger partial charge in [-0.1, -0.05) is 19.3 Å². The van der Waals surface area contributed by atoms with Crippen LogP contribution in [0.25, 0.3) is 0 Å². The molecule has 0 saturated carbocycles. The Morgan fingerprint density at radius 2 is 1.80 bits per heavy atom. The van der Waals surface area contributed by atoms with E-state index < -0.39 is 0 Å². The summed E-state index contributed by atoms with van der Waals surface area (Å²) in [6.45, 7) is 3.86. The van der Waals surface area contributed by atoms with E-state index >= 15 is 0 Å². The highest BCUT2D eigenvalue weighted by atomic mass is 27.0. The van der Waals surface area contributed by atoms with Gasteiger partial charge in [0.1, 0.15) is 16.3 Å². The minimum atomic E-state index is 0.865. The normalized spacial score (nSPS) is 10.1. The molecule has 2 radical (unpaired) electrons. The van der Waals surface area contributed by atoms with Crippen LogP contribution in [-0.2, 0) is 4.74 Å².